The number of nitrogens with zero attached hydrogens (tertiary/aromatic N) is 2. The van der Waals surface area contributed by atoms with Crippen molar-refractivity contribution < 1.29 is 4.42 Å². The first-order valence-corrected chi connectivity index (χ1v) is 5.64. The normalized spacial score (nSPS) is 10.7. The van der Waals surface area contributed by atoms with Crippen LogP contribution in [-0.4, -0.2) is 15.8 Å². The third-order valence-electron chi connectivity index (χ3n) is 1.73. The summed E-state index contributed by atoms with van der Waals surface area (Å²) in [5, 5.41) is 2.98. The summed E-state index contributed by atoms with van der Waals surface area (Å²) < 4.78 is 5.47. The molecule has 2 rings (SSSR count). The van der Waals surface area contributed by atoms with Crippen LogP contribution in [0.3, 0.4) is 0 Å². The molecule has 0 saturated heterocycles. The van der Waals surface area contributed by atoms with Crippen molar-refractivity contribution in [3.63, 3.8) is 0 Å². The number of hydrogen-bond donors (Lipinski definition) is 0. The first-order valence-electron chi connectivity index (χ1n) is 4.23. The molecule has 5 heteroatoms. The fourth-order valence-corrected chi connectivity index (χ4v) is 1.87. The highest BCUT2D eigenvalue weighted by Gasteiger charge is 2.08. The fraction of sp³-hybridized carbons (Fsp3) is 0.333. The first-order chi connectivity index (χ1) is 6.79. The maximum atomic E-state index is 5.58. The number of oxazole rings is 1. The number of halogens is 1. The Hall–Kier alpha value is -0.870. The van der Waals surface area contributed by atoms with Crippen molar-refractivity contribution in [1.82, 2.24) is 9.97 Å². The van der Waals surface area contributed by atoms with Crippen LogP contribution >= 0.6 is 22.9 Å². The minimum absolute atomic E-state index is 0.524. The van der Waals surface area contributed by atoms with Crippen molar-refractivity contribution in [3.05, 3.63) is 22.5 Å². The highest BCUT2D eigenvalue weighted by Crippen LogP contribution is 2.22. The van der Waals surface area contributed by atoms with Gasteiger partial charge in [0, 0.05) is 17.7 Å². The van der Waals surface area contributed by atoms with E-state index >= 15 is 0 Å². The maximum Gasteiger partial charge on any atom is 0.196 e. The Morgan fingerprint density at radius 2 is 2.43 bits per heavy atom. The molecular formula is C9H9ClN2OS. The second kappa shape index (κ2) is 4.11. The number of alkyl halides is 1. The molecule has 0 aliphatic rings. The molecule has 0 radical (unpaired) electrons. The Labute approximate surface area is 90.8 Å². The molecule has 0 fully saturated rings. The quantitative estimate of drug-likeness (QED) is 0.759. The van der Waals surface area contributed by atoms with Crippen LogP contribution in [0.25, 0.3) is 11.5 Å². The van der Waals surface area contributed by atoms with Gasteiger partial charge in [0.2, 0.25) is 0 Å². The molecule has 0 unspecified atom stereocenters. The SMILES string of the molecule is Cc1nc(-c2cnc(CCCl)o2)cs1. The molecule has 2 aromatic heterocycles. The Morgan fingerprint density at radius 3 is 3.07 bits per heavy atom. The molecule has 0 bridgehead atoms. The summed E-state index contributed by atoms with van der Waals surface area (Å²) in [6.07, 6.45) is 2.35. The molecule has 0 spiro atoms. The zero-order valence-corrected chi connectivity index (χ0v) is 9.23. The summed E-state index contributed by atoms with van der Waals surface area (Å²) in [5.41, 5.74) is 0.848. The molecule has 0 N–H and O–H groups in total. The predicted octanol–water partition coefficient (Wildman–Crippen LogP) is 2.89. The van der Waals surface area contributed by atoms with Gasteiger partial charge in [-0.3, -0.25) is 0 Å². The maximum absolute atomic E-state index is 5.58. The van der Waals surface area contributed by atoms with E-state index in [4.69, 9.17) is 16.0 Å². The molecular weight excluding hydrogens is 220 g/mol. The van der Waals surface area contributed by atoms with Gasteiger partial charge in [-0.2, -0.15) is 0 Å². The van der Waals surface area contributed by atoms with Gasteiger partial charge in [-0.05, 0) is 6.92 Å². The van der Waals surface area contributed by atoms with Crippen LogP contribution in [0.2, 0.25) is 0 Å². The lowest BCUT2D eigenvalue weighted by Gasteiger charge is -1.88. The zero-order valence-electron chi connectivity index (χ0n) is 7.66. The molecule has 14 heavy (non-hydrogen) atoms. The van der Waals surface area contributed by atoms with E-state index in [0.29, 0.717) is 18.2 Å². The second-order valence-corrected chi connectivity index (χ2v) is 4.25. The number of hydrogen-bond acceptors (Lipinski definition) is 4. The van der Waals surface area contributed by atoms with Gasteiger partial charge in [0.05, 0.1) is 11.2 Å². The van der Waals surface area contributed by atoms with E-state index < -0.39 is 0 Å². The monoisotopic (exact) mass is 228 g/mol. The van der Waals surface area contributed by atoms with Gasteiger partial charge in [0.25, 0.3) is 0 Å². The van der Waals surface area contributed by atoms with Gasteiger partial charge in [-0.1, -0.05) is 0 Å². The van der Waals surface area contributed by atoms with Crippen molar-refractivity contribution in [3.8, 4) is 11.5 Å². The Kier molecular flexibility index (Phi) is 2.84. The molecule has 0 amide bonds. The third-order valence-corrected chi connectivity index (χ3v) is 2.70. The van der Waals surface area contributed by atoms with Crippen molar-refractivity contribution in [1.29, 1.82) is 0 Å². The predicted molar refractivity (Wildman–Crippen MR) is 56.8 cm³/mol. The van der Waals surface area contributed by atoms with Gasteiger partial charge >= 0.3 is 0 Å². The number of thiazole rings is 1. The molecule has 0 aliphatic carbocycles. The molecule has 2 heterocycles. The Bertz CT molecular complexity index is 424. The summed E-state index contributed by atoms with van der Waals surface area (Å²) in [7, 11) is 0. The van der Waals surface area contributed by atoms with Crippen molar-refractivity contribution in [2.75, 3.05) is 5.88 Å². The van der Waals surface area contributed by atoms with Gasteiger partial charge in [0.15, 0.2) is 11.7 Å². The van der Waals surface area contributed by atoms with E-state index in [9.17, 15) is 0 Å². The smallest absolute Gasteiger partial charge is 0.196 e. The first kappa shape index (κ1) is 9.68. The summed E-state index contributed by atoms with van der Waals surface area (Å²) in [5.74, 6) is 1.91. The van der Waals surface area contributed by atoms with Crippen molar-refractivity contribution in [2.24, 2.45) is 0 Å². The second-order valence-electron chi connectivity index (χ2n) is 2.81. The topological polar surface area (TPSA) is 38.9 Å². The van der Waals surface area contributed by atoms with E-state index in [-0.39, 0.29) is 0 Å². The Morgan fingerprint density at radius 1 is 1.57 bits per heavy atom. The molecule has 0 aliphatic heterocycles. The summed E-state index contributed by atoms with van der Waals surface area (Å²) in [6.45, 7) is 1.96. The van der Waals surface area contributed by atoms with Gasteiger partial charge in [0.1, 0.15) is 5.69 Å². The average molecular weight is 229 g/mol. The van der Waals surface area contributed by atoms with Crippen molar-refractivity contribution in [2.45, 2.75) is 13.3 Å². The number of aryl methyl sites for hydroxylation is 2. The van der Waals surface area contributed by atoms with E-state index in [2.05, 4.69) is 9.97 Å². The van der Waals surface area contributed by atoms with E-state index in [1.54, 1.807) is 17.5 Å². The van der Waals surface area contributed by atoms with Crippen LogP contribution in [-0.2, 0) is 6.42 Å². The van der Waals surface area contributed by atoms with Gasteiger partial charge in [-0.25, -0.2) is 9.97 Å². The summed E-state index contributed by atoms with van der Waals surface area (Å²) in [4.78, 5) is 8.41. The van der Waals surface area contributed by atoms with Crippen LogP contribution in [0.5, 0.6) is 0 Å². The third kappa shape index (κ3) is 1.96. The highest BCUT2D eigenvalue weighted by molar-refractivity contribution is 7.09. The Balaban J connectivity index is 2.24. The summed E-state index contributed by atoms with van der Waals surface area (Å²) >= 11 is 7.18. The largest absolute Gasteiger partial charge is 0.439 e. The van der Waals surface area contributed by atoms with E-state index in [1.807, 2.05) is 12.3 Å². The zero-order chi connectivity index (χ0) is 9.97. The van der Waals surface area contributed by atoms with Gasteiger partial charge in [-0.15, -0.1) is 22.9 Å². The lowest BCUT2D eigenvalue weighted by atomic mass is 10.4. The standard InChI is InChI=1S/C9H9ClN2OS/c1-6-12-7(5-14-6)8-4-11-9(13-8)2-3-10/h4-5H,2-3H2,1H3. The minimum Gasteiger partial charge on any atom is -0.439 e. The van der Waals surface area contributed by atoms with Gasteiger partial charge < -0.3 is 4.42 Å². The van der Waals surface area contributed by atoms with Crippen LogP contribution in [0.4, 0.5) is 0 Å². The minimum atomic E-state index is 0.524. The fourth-order valence-electron chi connectivity index (χ4n) is 1.10. The summed E-state index contributed by atoms with van der Waals surface area (Å²) in [6, 6.07) is 0. The molecule has 0 saturated carbocycles. The number of rotatable bonds is 3. The molecule has 3 nitrogen and oxygen atoms in total. The molecule has 0 aromatic carbocycles. The highest BCUT2D eigenvalue weighted by atomic mass is 35.5. The van der Waals surface area contributed by atoms with E-state index in [1.165, 1.54) is 0 Å². The number of aromatic nitrogens is 2. The lowest BCUT2D eigenvalue weighted by Crippen LogP contribution is -1.83. The van der Waals surface area contributed by atoms with Crippen LogP contribution in [0.1, 0.15) is 10.9 Å². The lowest BCUT2D eigenvalue weighted by molar-refractivity contribution is 0.513. The molecule has 74 valence electrons. The van der Waals surface area contributed by atoms with E-state index in [0.717, 1.165) is 16.5 Å². The molecule has 0 atom stereocenters. The molecule has 2 aromatic rings. The van der Waals surface area contributed by atoms with Crippen LogP contribution < -0.4 is 0 Å². The van der Waals surface area contributed by atoms with Crippen molar-refractivity contribution >= 4 is 22.9 Å². The van der Waals surface area contributed by atoms with Crippen LogP contribution in [0, 0.1) is 6.92 Å². The average Bonchev–Trinajstić information content (AvgIpc) is 2.74. The van der Waals surface area contributed by atoms with Crippen LogP contribution in [0.15, 0.2) is 16.0 Å².